The Morgan fingerprint density at radius 1 is 1.38 bits per heavy atom. The first-order valence-electron chi connectivity index (χ1n) is 5.83. The molecule has 0 aliphatic carbocycles. The second-order valence-corrected chi connectivity index (χ2v) is 4.76. The van der Waals surface area contributed by atoms with Crippen molar-refractivity contribution in [3.63, 3.8) is 0 Å². The number of carbonyl (C=O) groups excluding carboxylic acids is 1. The second kappa shape index (κ2) is 8.53. The average Bonchev–Trinajstić information content (AvgIpc) is 2.39. The van der Waals surface area contributed by atoms with Gasteiger partial charge in [-0.15, -0.1) is 0 Å². The number of alkyl halides is 2. The first-order valence-corrected chi connectivity index (χ1v) is 6.63. The number of hydrogen-bond acceptors (Lipinski definition) is 3. The highest BCUT2D eigenvalue weighted by Gasteiger charge is 2.12. The number of carboxylic acid groups (broad SMARTS) is 1. The summed E-state index contributed by atoms with van der Waals surface area (Å²) < 4.78 is 28.7. The van der Waals surface area contributed by atoms with E-state index < -0.39 is 25.0 Å². The Balaban J connectivity index is 2.46. The van der Waals surface area contributed by atoms with Crippen LogP contribution in [0.2, 0.25) is 0 Å². The Bertz CT molecular complexity index is 514. The van der Waals surface area contributed by atoms with Crippen molar-refractivity contribution in [1.29, 1.82) is 0 Å². The van der Waals surface area contributed by atoms with E-state index in [-0.39, 0.29) is 24.4 Å². The van der Waals surface area contributed by atoms with Crippen molar-refractivity contribution < 1.29 is 28.2 Å². The first kappa shape index (κ1) is 17.3. The fourth-order valence-electron chi connectivity index (χ4n) is 1.38. The summed E-state index contributed by atoms with van der Waals surface area (Å²) in [7, 11) is 0. The molecule has 116 valence electrons. The predicted molar refractivity (Wildman–Crippen MR) is 74.9 cm³/mol. The van der Waals surface area contributed by atoms with E-state index >= 15 is 0 Å². The van der Waals surface area contributed by atoms with Gasteiger partial charge in [0.25, 0.3) is 6.43 Å². The van der Waals surface area contributed by atoms with Crippen molar-refractivity contribution in [1.82, 2.24) is 5.32 Å². The molecule has 9 heteroatoms. The molecular formula is C12H13BrF2N2O4. The third-order valence-electron chi connectivity index (χ3n) is 2.24. The highest BCUT2D eigenvalue weighted by Crippen LogP contribution is 2.21. The summed E-state index contributed by atoms with van der Waals surface area (Å²) in [5.41, 5.74) is 0.0465. The Kier molecular flexibility index (Phi) is 7.03. The van der Waals surface area contributed by atoms with Crippen LogP contribution in [0.25, 0.3) is 0 Å². The van der Waals surface area contributed by atoms with E-state index in [2.05, 4.69) is 31.3 Å². The summed E-state index contributed by atoms with van der Waals surface area (Å²) >= 11 is 3.13. The number of rotatable bonds is 7. The van der Waals surface area contributed by atoms with Crippen LogP contribution >= 0.6 is 15.9 Å². The van der Waals surface area contributed by atoms with Gasteiger partial charge in [0.1, 0.15) is 6.61 Å². The minimum Gasteiger partial charge on any atom is -0.478 e. The molecule has 0 aromatic heterocycles. The number of carbonyl (C=O) groups is 2. The van der Waals surface area contributed by atoms with E-state index in [4.69, 9.17) is 5.11 Å². The van der Waals surface area contributed by atoms with Crippen molar-refractivity contribution in [2.24, 2.45) is 0 Å². The van der Waals surface area contributed by atoms with E-state index in [1.54, 1.807) is 6.07 Å². The van der Waals surface area contributed by atoms with Crippen molar-refractivity contribution in [2.75, 3.05) is 25.1 Å². The quantitative estimate of drug-likeness (QED) is 0.647. The van der Waals surface area contributed by atoms with E-state index in [1.165, 1.54) is 12.1 Å². The molecule has 0 heterocycles. The number of nitrogens with one attached hydrogen (secondary N) is 2. The molecule has 1 aromatic carbocycles. The van der Waals surface area contributed by atoms with Crippen LogP contribution in [0.4, 0.5) is 19.3 Å². The smallest absolute Gasteiger partial charge is 0.337 e. The lowest BCUT2D eigenvalue weighted by molar-refractivity contribution is 0.0194. The minimum atomic E-state index is -2.56. The maximum Gasteiger partial charge on any atom is 0.337 e. The van der Waals surface area contributed by atoms with Gasteiger partial charge in [-0.1, -0.05) is 15.9 Å². The largest absolute Gasteiger partial charge is 0.478 e. The van der Waals surface area contributed by atoms with Crippen LogP contribution in [0.5, 0.6) is 0 Å². The molecule has 0 aliphatic rings. The number of urea groups is 1. The average molecular weight is 367 g/mol. The van der Waals surface area contributed by atoms with Crippen LogP contribution in [0, 0.1) is 0 Å². The van der Waals surface area contributed by atoms with Gasteiger partial charge >= 0.3 is 12.0 Å². The third-order valence-corrected chi connectivity index (χ3v) is 2.73. The molecule has 0 unspecified atom stereocenters. The second-order valence-electron chi connectivity index (χ2n) is 3.84. The molecule has 0 aliphatic heterocycles. The van der Waals surface area contributed by atoms with E-state index in [9.17, 15) is 18.4 Å². The summed E-state index contributed by atoms with van der Waals surface area (Å²) in [6, 6.07) is 3.71. The lowest BCUT2D eigenvalue weighted by Crippen LogP contribution is -2.32. The SMILES string of the molecule is O=C(NCCOCC(F)F)Nc1ccc(Br)cc1C(=O)O. The summed E-state index contributed by atoms with van der Waals surface area (Å²) in [6.07, 6.45) is -2.56. The number of carboxylic acids is 1. The van der Waals surface area contributed by atoms with Gasteiger partial charge in [-0.25, -0.2) is 18.4 Å². The summed E-state index contributed by atoms with van der Waals surface area (Å²) in [4.78, 5) is 22.6. The van der Waals surface area contributed by atoms with Crippen molar-refractivity contribution in [2.45, 2.75) is 6.43 Å². The van der Waals surface area contributed by atoms with Crippen LogP contribution in [0.15, 0.2) is 22.7 Å². The van der Waals surface area contributed by atoms with Crippen LogP contribution in [-0.2, 0) is 4.74 Å². The number of aromatic carboxylic acids is 1. The van der Waals surface area contributed by atoms with Crippen LogP contribution in [0.3, 0.4) is 0 Å². The van der Waals surface area contributed by atoms with Gasteiger partial charge in [0, 0.05) is 11.0 Å². The van der Waals surface area contributed by atoms with Gasteiger partial charge in [0.2, 0.25) is 0 Å². The fourth-order valence-corrected chi connectivity index (χ4v) is 1.74. The Morgan fingerprint density at radius 2 is 2.10 bits per heavy atom. The molecule has 0 radical (unpaired) electrons. The highest BCUT2D eigenvalue weighted by atomic mass is 79.9. The van der Waals surface area contributed by atoms with Gasteiger partial charge in [0.05, 0.1) is 17.9 Å². The Morgan fingerprint density at radius 3 is 2.71 bits per heavy atom. The normalized spacial score (nSPS) is 10.5. The summed E-state index contributed by atoms with van der Waals surface area (Å²) in [5, 5.41) is 13.7. The van der Waals surface area contributed by atoms with Crippen molar-refractivity contribution >= 4 is 33.6 Å². The highest BCUT2D eigenvalue weighted by molar-refractivity contribution is 9.10. The first-order chi connectivity index (χ1) is 9.90. The molecule has 0 bridgehead atoms. The van der Waals surface area contributed by atoms with E-state index in [0.29, 0.717) is 4.47 Å². The number of hydrogen-bond donors (Lipinski definition) is 3. The van der Waals surface area contributed by atoms with Gasteiger partial charge in [-0.3, -0.25) is 0 Å². The molecule has 3 N–H and O–H groups in total. The minimum absolute atomic E-state index is 0.0253. The molecule has 0 saturated carbocycles. The Labute approximate surface area is 127 Å². The zero-order valence-corrected chi connectivity index (χ0v) is 12.3. The van der Waals surface area contributed by atoms with Crippen molar-refractivity contribution in [3.05, 3.63) is 28.2 Å². The van der Waals surface area contributed by atoms with Crippen LogP contribution < -0.4 is 10.6 Å². The maximum absolute atomic E-state index is 11.8. The number of amides is 2. The lowest BCUT2D eigenvalue weighted by Gasteiger charge is -2.10. The Hall–Kier alpha value is -1.74. The molecule has 2 amide bonds. The summed E-state index contributed by atoms with van der Waals surface area (Å²) in [5.74, 6) is -1.19. The number of benzene rings is 1. The molecule has 21 heavy (non-hydrogen) atoms. The lowest BCUT2D eigenvalue weighted by atomic mass is 10.2. The molecule has 0 atom stereocenters. The maximum atomic E-state index is 11.8. The molecule has 0 saturated heterocycles. The molecule has 0 spiro atoms. The van der Waals surface area contributed by atoms with Crippen LogP contribution in [-0.4, -0.2) is 43.3 Å². The van der Waals surface area contributed by atoms with Gasteiger partial charge in [-0.05, 0) is 18.2 Å². The van der Waals surface area contributed by atoms with Crippen LogP contribution in [0.1, 0.15) is 10.4 Å². The zero-order valence-electron chi connectivity index (χ0n) is 10.7. The number of ether oxygens (including phenoxy) is 1. The molecule has 0 fully saturated rings. The van der Waals surface area contributed by atoms with Crippen molar-refractivity contribution in [3.8, 4) is 0 Å². The topological polar surface area (TPSA) is 87.7 Å². The fraction of sp³-hybridized carbons (Fsp3) is 0.333. The molecule has 6 nitrogen and oxygen atoms in total. The van der Waals surface area contributed by atoms with E-state index in [1.807, 2.05) is 0 Å². The number of anilines is 1. The monoisotopic (exact) mass is 366 g/mol. The third kappa shape index (κ3) is 6.50. The van der Waals surface area contributed by atoms with Gasteiger partial charge < -0.3 is 20.5 Å². The zero-order chi connectivity index (χ0) is 15.8. The molecular weight excluding hydrogens is 354 g/mol. The molecule has 1 rings (SSSR count). The van der Waals surface area contributed by atoms with Gasteiger partial charge in [-0.2, -0.15) is 0 Å². The standard InChI is InChI=1S/C12H13BrF2N2O4/c13-7-1-2-9(8(5-7)11(18)19)17-12(20)16-3-4-21-6-10(14)15/h1-2,5,10H,3-4,6H2,(H,18,19)(H2,16,17,20). The summed E-state index contributed by atoms with van der Waals surface area (Å²) in [6.45, 7) is -0.736. The number of halogens is 3. The molecule has 1 aromatic rings. The van der Waals surface area contributed by atoms with E-state index in [0.717, 1.165) is 0 Å². The van der Waals surface area contributed by atoms with Gasteiger partial charge in [0.15, 0.2) is 0 Å². The predicted octanol–water partition coefficient (Wildman–Crippen LogP) is 2.55.